The third-order valence-electron chi connectivity index (χ3n) is 5.36. The van der Waals surface area contributed by atoms with Crippen molar-refractivity contribution < 1.29 is 19.0 Å². The van der Waals surface area contributed by atoms with Crippen LogP contribution in [0.5, 0.6) is 17.2 Å². The van der Waals surface area contributed by atoms with Crippen LogP contribution < -0.4 is 14.2 Å². The molecule has 0 aliphatic carbocycles. The first-order valence-corrected chi connectivity index (χ1v) is 8.86. The van der Waals surface area contributed by atoms with E-state index in [1.807, 2.05) is 26.0 Å². The summed E-state index contributed by atoms with van der Waals surface area (Å²) < 4.78 is 16.1. The molecule has 0 aliphatic heterocycles. The average Bonchev–Trinajstić information content (AvgIpc) is 2.68. The van der Waals surface area contributed by atoms with Crippen molar-refractivity contribution in [2.75, 3.05) is 21.3 Å². The number of carbonyl (C=O) groups is 1. The standard InChI is InChI=1S/C23H28O4/c1-13-14(2)16(4)22(17(5)15(13)3)19(24)10-9-18-11-20(25-6)23(27-8)21(12-18)26-7/h9-12H,1-8H3/b10-9-. The number of hydrogen-bond donors (Lipinski definition) is 0. The Morgan fingerprint density at radius 3 is 1.59 bits per heavy atom. The number of hydrogen-bond acceptors (Lipinski definition) is 4. The van der Waals surface area contributed by atoms with Crippen LogP contribution in [0.2, 0.25) is 0 Å². The number of allylic oxidation sites excluding steroid dienone is 1. The van der Waals surface area contributed by atoms with E-state index < -0.39 is 0 Å². The molecule has 0 unspecified atom stereocenters. The van der Waals surface area contributed by atoms with Gasteiger partial charge in [0.05, 0.1) is 21.3 Å². The van der Waals surface area contributed by atoms with Crippen molar-refractivity contribution in [3.05, 3.63) is 57.2 Å². The summed E-state index contributed by atoms with van der Waals surface area (Å²) in [7, 11) is 4.70. The Morgan fingerprint density at radius 2 is 1.19 bits per heavy atom. The summed E-state index contributed by atoms with van der Waals surface area (Å²) in [5, 5.41) is 0. The first-order valence-electron chi connectivity index (χ1n) is 8.86. The van der Waals surface area contributed by atoms with Crippen LogP contribution in [-0.4, -0.2) is 27.1 Å². The minimum Gasteiger partial charge on any atom is -0.493 e. The molecule has 2 aromatic carbocycles. The average molecular weight is 368 g/mol. The zero-order valence-electron chi connectivity index (χ0n) is 17.4. The molecule has 144 valence electrons. The highest BCUT2D eigenvalue weighted by atomic mass is 16.5. The van der Waals surface area contributed by atoms with Crippen LogP contribution in [0.15, 0.2) is 18.2 Å². The van der Waals surface area contributed by atoms with E-state index in [4.69, 9.17) is 14.2 Å². The number of ketones is 1. The van der Waals surface area contributed by atoms with Crippen molar-refractivity contribution in [2.45, 2.75) is 34.6 Å². The van der Waals surface area contributed by atoms with Crippen LogP contribution in [0, 0.1) is 34.6 Å². The summed E-state index contributed by atoms with van der Waals surface area (Å²) in [4.78, 5) is 12.9. The largest absolute Gasteiger partial charge is 0.493 e. The van der Waals surface area contributed by atoms with Crippen molar-refractivity contribution in [3.63, 3.8) is 0 Å². The van der Waals surface area contributed by atoms with Crippen molar-refractivity contribution >= 4 is 11.9 Å². The van der Waals surface area contributed by atoms with Crippen molar-refractivity contribution in [1.82, 2.24) is 0 Å². The highest BCUT2D eigenvalue weighted by molar-refractivity contribution is 6.09. The van der Waals surface area contributed by atoms with Gasteiger partial charge in [0.2, 0.25) is 5.75 Å². The number of benzene rings is 2. The van der Waals surface area contributed by atoms with E-state index in [1.54, 1.807) is 33.5 Å². The molecule has 0 bridgehead atoms. The fraction of sp³-hybridized carbons (Fsp3) is 0.348. The molecule has 0 aliphatic rings. The lowest BCUT2D eigenvalue weighted by Gasteiger charge is -2.17. The van der Waals surface area contributed by atoms with E-state index in [-0.39, 0.29) is 5.78 Å². The minimum absolute atomic E-state index is 0.00930. The van der Waals surface area contributed by atoms with Gasteiger partial charge in [0.25, 0.3) is 0 Å². The van der Waals surface area contributed by atoms with Gasteiger partial charge >= 0.3 is 0 Å². The lowest BCUT2D eigenvalue weighted by Crippen LogP contribution is -2.07. The van der Waals surface area contributed by atoms with E-state index in [0.29, 0.717) is 17.2 Å². The van der Waals surface area contributed by atoms with Gasteiger partial charge in [-0.15, -0.1) is 0 Å². The molecule has 0 spiro atoms. The Kier molecular flexibility index (Phi) is 6.32. The Balaban J connectivity index is 2.47. The highest BCUT2D eigenvalue weighted by Gasteiger charge is 2.17. The molecular weight excluding hydrogens is 340 g/mol. The van der Waals surface area contributed by atoms with Crippen LogP contribution >= 0.6 is 0 Å². The van der Waals surface area contributed by atoms with Gasteiger partial charge in [-0.25, -0.2) is 0 Å². The number of rotatable bonds is 6. The summed E-state index contributed by atoms with van der Waals surface area (Å²) in [5.41, 5.74) is 7.23. The van der Waals surface area contributed by atoms with Crippen LogP contribution in [0.4, 0.5) is 0 Å². The molecule has 0 aromatic heterocycles. The predicted octanol–water partition coefficient (Wildman–Crippen LogP) is 5.15. The molecule has 0 radical (unpaired) electrons. The second-order valence-corrected chi connectivity index (χ2v) is 6.66. The third kappa shape index (κ3) is 3.85. The van der Waals surface area contributed by atoms with Gasteiger partial charge in [-0.3, -0.25) is 4.79 Å². The number of carbonyl (C=O) groups excluding carboxylic acids is 1. The molecule has 0 saturated heterocycles. The Bertz CT molecular complexity index is 853. The van der Waals surface area contributed by atoms with Gasteiger partial charge in [0.1, 0.15) is 0 Å². The van der Waals surface area contributed by atoms with Gasteiger partial charge in [-0.05, 0) is 86.2 Å². The number of ether oxygens (including phenoxy) is 3. The molecule has 0 N–H and O–H groups in total. The van der Waals surface area contributed by atoms with Crippen LogP contribution in [-0.2, 0) is 0 Å². The van der Waals surface area contributed by atoms with E-state index in [2.05, 4.69) is 20.8 Å². The maximum absolute atomic E-state index is 12.9. The quantitative estimate of drug-likeness (QED) is 0.522. The fourth-order valence-electron chi connectivity index (χ4n) is 3.32. The summed E-state index contributed by atoms with van der Waals surface area (Å²) in [6, 6.07) is 3.63. The molecule has 27 heavy (non-hydrogen) atoms. The van der Waals surface area contributed by atoms with E-state index >= 15 is 0 Å². The Morgan fingerprint density at radius 1 is 0.741 bits per heavy atom. The predicted molar refractivity (Wildman–Crippen MR) is 110 cm³/mol. The summed E-state index contributed by atoms with van der Waals surface area (Å²) in [5.74, 6) is 1.63. The molecule has 0 atom stereocenters. The van der Waals surface area contributed by atoms with Crippen molar-refractivity contribution in [1.29, 1.82) is 0 Å². The third-order valence-corrected chi connectivity index (χ3v) is 5.36. The van der Waals surface area contributed by atoms with Crippen LogP contribution in [0.25, 0.3) is 6.08 Å². The smallest absolute Gasteiger partial charge is 0.203 e. The molecule has 0 fully saturated rings. The first kappa shape index (κ1) is 20.6. The normalized spacial score (nSPS) is 11.0. The topological polar surface area (TPSA) is 44.8 Å². The van der Waals surface area contributed by atoms with E-state index in [1.165, 1.54) is 16.7 Å². The number of methoxy groups -OCH3 is 3. The molecular formula is C23H28O4. The van der Waals surface area contributed by atoms with E-state index in [9.17, 15) is 4.79 Å². The molecule has 2 rings (SSSR count). The first-order chi connectivity index (χ1) is 12.8. The Hall–Kier alpha value is -2.75. The summed E-state index contributed by atoms with van der Waals surface area (Å²) >= 11 is 0. The van der Waals surface area contributed by atoms with Crippen molar-refractivity contribution in [2.24, 2.45) is 0 Å². The van der Waals surface area contributed by atoms with E-state index in [0.717, 1.165) is 22.3 Å². The molecule has 4 nitrogen and oxygen atoms in total. The lowest BCUT2D eigenvalue weighted by molar-refractivity contribution is 0.104. The summed E-state index contributed by atoms with van der Waals surface area (Å²) in [6.07, 6.45) is 3.38. The second kappa shape index (κ2) is 8.30. The zero-order chi connectivity index (χ0) is 20.3. The van der Waals surface area contributed by atoms with Gasteiger partial charge in [0.15, 0.2) is 17.3 Å². The second-order valence-electron chi connectivity index (χ2n) is 6.66. The van der Waals surface area contributed by atoms with Gasteiger partial charge < -0.3 is 14.2 Å². The maximum Gasteiger partial charge on any atom is 0.203 e. The minimum atomic E-state index is -0.00930. The van der Waals surface area contributed by atoms with Crippen molar-refractivity contribution in [3.8, 4) is 17.2 Å². The van der Waals surface area contributed by atoms with Gasteiger partial charge in [-0.1, -0.05) is 6.08 Å². The molecule has 4 heteroatoms. The maximum atomic E-state index is 12.9. The zero-order valence-corrected chi connectivity index (χ0v) is 17.4. The Labute approximate surface area is 161 Å². The van der Waals surface area contributed by atoms with Crippen LogP contribution in [0.1, 0.15) is 43.7 Å². The molecule has 0 saturated carbocycles. The molecule has 2 aromatic rings. The monoisotopic (exact) mass is 368 g/mol. The SMILES string of the molecule is COc1cc(/C=C\C(=O)c2c(C)c(C)c(C)c(C)c2C)cc(OC)c1OC. The summed E-state index contributed by atoms with van der Waals surface area (Å²) in [6.45, 7) is 10.3. The van der Waals surface area contributed by atoms with Crippen LogP contribution in [0.3, 0.4) is 0 Å². The fourth-order valence-corrected chi connectivity index (χ4v) is 3.32. The molecule has 0 amide bonds. The lowest BCUT2D eigenvalue weighted by atomic mass is 9.87. The molecule has 0 heterocycles. The van der Waals surface area contributed by atoms with Gasteiger partial charge in [0, 0.05) is 5.56 Å². The highest BCUT2D eigenvalue weighted by Crippen LogP contribution is 2.38. The van der Waals surface area contributed by atoms with Gasteiger partial charge in [-0.2, -0.15) is 0 Å².